The Balaban J connectivity index is 1.54. The molecule has 1 unspecified atom stereocenters. The highest BCUT2D eigenvalue weighted by molar-refractivity contribution is 7.03. The van der Waals surface area contributed by atoms with Gasteiger partial charge in [-0.15, -0.1) is 5.10 Å². The third kappa shape index (κ3) is 2.07. The van der Waals surface area contributed by atoms with Gasteiger partial charge < -0.3 is 4.90 Å². The number of carbonyl (C=O) groups is 1. The van der Waals surface area contributed by atoms with Crippen LogP contribution in [0.3, 0.4) is 0 Å². The summed E-state index contributed by atoms with van der Waals surface area (Å²) in [7, 11) is 0. The average Bonchev–Trinajstić information content (AvgIpc) is 3.17. The van der Waals surface area contributed by atoms with Gasteiger partial charge in [0, 0.05) is 18.5 Å². The van der Waals surface area contributed by atoms with Crippen molar-refractivity contribution in [1.82, 2.24) is 14.5 Å². The summed E-state index contributed by atoms with van der Waals surface area (Å²) in [5.74, 6) is 0.657. The molecule has 4 nitrogen and oxygen atoms in total. The van der Waals surface area contributed by atoms with Crippen molar-refractivity contribution in [3.05, 3.63) is 46.5 Å². The highest BCUT2D eigenvalue weighted by Gasteiger charge is 2.44. The molecular weight excluding hydrogens is 294 g/mol. The summed E-state index contributed by atoms with van der Waals surface area (Å²) in [5.41, 5.74) is 3.78. The van der Waals surface area contributed by atoms with Gasteiger partial charge in [-0.05, 0) is 53.3 Å². The lowest BCUT2D eigenvalue weighted by Crippen LogP contribution is -2.44. The van der Waals surface area contributed by atoms with Crippen molar-refractivity contribution in [3.8, 4) is 0 Å². The maximum Gasteiger partial charge on any atom is 0.275 e. The van der Waals surface area contributed by atoms with E-state index in [0.29, 0.717) is 11.6 Å². The van der Waals surface area contributed by atoms with Crippen LogP contribution in [-0.2, 0) is 5.41 Å². The third-order valence-electron chi connectivity index (χ3n) is 5.35. The van der Waals surface area contributed by atoms with Crippen LogP contribution in [0.2, 0.25) is 0 Å². The SMILES string of the molecule is CC1CC2(CCN(C(=O)c3csnn3)CC2)c2ccccc21. The minimum Gasteiger partial charge on any atom is -0.337 e. The molecule has 1 atom stereocenters. The van der Waals surface area contributed by atoms with Crippen LogP contribution in [-0.4, -0.2) is 33.5 Å². The van der Waals surface area contributed by atoms with Crippen LogP contribution in [0.25, 0.3) is 0 Å². The number of amides is 1. The molecule has 1 aromatic heterocycles. The number of nitrogens with zero attached hydrogens (tertiary/aromatic N) is 3. The van der Waals surface area contributed by atoms with Crippen molar-refractivity contribution in [1.29, 1.82) is 0 Å². The standard InChI is InChI=1S/C17H19N3OS/c1-12-10-17(14-5-3-2-4-13(12)14)6-8-20(9-7-17)16(21)15-11-22-19-18-15/h2-5,11-12H,6-10H2,1H3. The van der Waals surface area contributed by atoms with E-state index in [4.69, 9.17) is 0 Å². The maximum atomic E-state index is 12.4. The summed E-state index contributed by atoms with van der Waals surface area (Å²) in [6.07, 6.45) is 3.32. The normalized spacial score (nSPS) is 22.8. The van der Waals surface area contributed by atoms with E-state index < -0.39 is 0 Å². The number of hydrogen-bond acceptors (Lipinski definition) is 4. The molecule has 0 saturated carbocycles. The van der Waals surface area contributed by atoms with E-state index in [1.807, 2.05) is 4.90 Å². The molecule has 0 radical (unpaired) electrons. The van der Waals surface area contributed by atoms with E-state index in [1.54, 1.807) is 5.38 Å². The highest BCUT2D eigenvalue weighted by Crippen LogP contribution is 2.51. The van der Waals surface area contributed by atoms with Crippen LogP contribution in [0, 0.1) is 0 Å². The molecule has 1 amide bonds. The fraction of sp³-hybridized carbons (Fsp3) is 0.471. The number of likely N-dealkylation sites (tertiary alicyclic amines) is 1. The molecule has 114 valence electrons. The molecule has 4 rings (SSSR count). The zero-order valence-corrected chi connectivity index (χ0v) is 13.5. The molecule has 2 heterocycles. The van der Waals surface area contributed by atoms with Gasteiger partial charge >= 0.3 is 0 Å². The molecule has 22 heavy (non-hydrogen) atoms. The Kier molecular flexibility index (Phi) is 3.26. The zero-order valence-electron chi connectivity index (χ0n) is 12.7. The van der Waals surface area contributed by atoms with Crippen molar-refractivity contribution in [2.24, 2.45) is 0 Å². The average molecular weight is 313 g/mol. The topological polar surface area (TPSA) is 46.1 Å². The summed E-state index contributed by atoms with van der Waals surface area (Å²) in [6.45, 7) is 3.96. The van der Waals surface area contributed by atoms with Crippen LogP contribution < -0.4 is 0 Å². The summed E-state index contributed by atoms with van der Waals surface area (Å²) < 4.78 is 3.79. The molecule has 1 aliphatic carbocycles. The number of hydrogen-bond donors (Lipinski definition) is 0. The van der Waals surface area contributed by atoms with Gasteiger partial charge in [-0.1, -0.05) is 35.7 Å². The first-order chi connectivity index (χ1) is 10.7. The lowest BCUT2D eigenvalue weighted by Gasteiger charge is -2.40. The van der Waals surface area contributed by atoms with Crippen LogP contribution in [0.4, 0.5) is 0 Å². The summed E-state index contributed by atoms with van der Waals surface area (Å²) in [5, 5.41) is 5.64. The first-order valence-corrected chi connectivity index (χ1v) is 8.69. The molecule has 1 fully saturated rings. The third-order valence-corrected chi connectivity index (χ3v) is 5.85. The Morgan fingerprint density at radius 2 is 2.09 bits per heavy atom. The smallest absolute Gasteiger partial charge is 0.275 e. The molecule has 1 aliphatic heterocycles. The van der Waals surface area contributed by atoms with E-state index >= 15 is 0 Å². The van der Waals surface area contributed by atoms with E-state index in [0.717, 1.165) is 25.9 Å². The van der Waals surface area contributed by atoms with Gasteiger partial charge in [0.1, 0.15) is 0 Å². The molecule has 2 aliphatic rings. The van der Waals surface area contributed by atoms with Crippen molar-refractivity contribution in [3.63, 3.8) is 0 Å². The van der Waals surface area contributed by atoms with Gasteiger partial charge in [0.2, 0.25) is 0 Å². The largest absolute Gasteiger partial charge is 0.337 e. The van der Waals surface area contributed by atoms with Crippen LogP contribution in [0.1, 0.15) is 53.7 Å². The van der Waals surface area contributed by atoms with Crippen LogP contribution in [0.15, 0.2) is 29.6 Å². The van der Waals surface area contributed by atoms with Crippen molar-refractivity contribution < 1.29 is 4.79 Å². The van der Waals surface area contributed by atoms with Gasteiger partial charge in [0.25, 0.3) is 5.91 Å². The summed E-state index contributed by atoms with van der Waals surface area (Å²) in [4.78, 5) is 14.3. The minimum absolute atomic E-state index is 0.0305. The number of fused-ring (bicyclic) bond motifs is 2. The van der Waals surface area contributed by atoms with E-state index in [-0.39, 0.29) is 11.3 Å². The zero-order chi connectivity index (χ0) is 15.2. The van der Waals surface area contributed by atoms with Gasteiger partial charge in [-0.25, -0.2) is 0 Å². The minimum atomic E-state index is 0.0305. The van der Waals surface area contributed by atoms with Crippen LogP contribution >= 0.6 is 11.5 Å². The van der Waals surface area contributed by atoms with E-state index in [1.165, 1.54) is 29.1 Å². The Morgan fingerprint density at radius 3 is 2.82 bits per heavy atom. The number of aromatic nitrogens is 2. The Bertz CT molecular complexity index is 690. The molecule has 2 aromatic rings. The monoisotopic (exact) mass is 313 g/mol. The molecule has 1 aromatic carbocycles. The predicted molar refractivity (Wildman–Crippen MR) is 86.2 cm³/mol. The van der Waals surface area contributed by atoms with E-state index in [9.17, 15) is 4.79 Å². The van der Waals surface area contributed by atoms with Gasteiger partial charge in [-0.2, -0.15) is 0 Å². The predicted octanol–water partition coefficient (Wildman–Crippen LogP) is 3.22. The second-order valence-electron chi connectivity index (χ2n) is 6.56. The number of rotatable bonds is 1. The maximum absolute atomic E-state index is 12.4. The number of carbonyl (C=O) groups excluding carboxylic acids is 1. The Labute approximate surface area is 134 Å². The first kappa shape index (κ1) is 13.9. The molecule has 5 heteroatoms. The van der Waals surface area contributed by atoms with E-state index in [2.05, 4.69) is 40.8 Å². The van der Waals surface area contributed by atoms with Gasteiger partial charge in [0.15, 0.2) is 5.69 Å². The van der Waals surface area contributed by atoms with Gasteiger partial charge in [-0.3, -0.25) is 4.79 Å². The van der Waals surface area contributed by atoms with Crippen LogP contribution in [0.5, 0.6) is 0 Å². The fourth-order valence-electron chi connectivity index (χ4n) is 4.25. The summed E-state index contributed by atoms with van der Waals surface area (Å²) in [6, 6.07) is 8.85. The highest BCUT2D eigenvalue weighted by atomic mass is 32.1. The number of benzene rings is 1. The Hall–Kier alpha value is -1.75. The van der Waals surface area contributed by atoms with Crippen molar-refractivity contribution in [2.75, 3.05) is 13.1 Å². The molecule has 1 spiro atoms. The fourth-order valence-corrected chi connectivity index (χ4v) is 4.68. The quantitative estimate of drug-likeness (QED) is 0.812. The first-order valence-electron chi connectivity index (χ1n) is 7.85. The number of piperidine rings is 1. The molecular formula is C17H19N3OS. The lowest BCUT2D eigenvalue weighted by atomic mass is 9.73. The van der Waals surface area contributed by atoms with Crippen molar-refractivity contribution >= 4 is 17.4 Å². The molecule has 1 saturated heterocycles. The lowest BCUT2D eigenvalue weighted by molar-refractivity contribution is 0.0657. The molecule has 0 bridgehead atoms. The van der Waals surface area contributed by atoms with Gasteiger partial charge in [0.05, 0.1) is 0 Å². The molecule has 0 N–H and O–H groups in total. The van der Waals surface area contributed by atoms with Crippen molar-refractivity contribution in [2.45, 2.75) is 37.5 Å². The second-order valence-corrected chi connectivity index (χ2v) is 7.16. The second kappa shape index (κ2) is 5.16. The Morgan fingerprint density at radius 1 is 1.32 bits per heavy atom. The summed E-state index contributed by atoms with van der Waals surface area (Å²) >= 11 is 1.23.